The zero-order chi connectivity index (χ0) is 15.0. The van der Waals surface area contributed by atoms with E-state index in [0.717, 1.165) is 10.9 Å². The quantitative estimate of drug-likeness (QED) is 0.658. The van der Waals surface area contributed by atoms with Crippen molar-refractivity contribution in [2.75, 3.05) is 5.32 Å². The lowest BCUT2D eigenvalue weighted by molar-refractivity contribution is 0.102. The van der Waals surface area contributed by atoms with Crippen LogP contribution >= 0.6 is 15.9 Å². The minimum Gasteiger partial charge on any atom is -0.351 e. The molecule has 2 aromatic carbocycles. The third-order valence-corrected chi connectivity index (χ3v) is 3.64. The number of nitrogens with one attached hydrogen (secondary N) is 2. The standard InChI is InChI=1S/C15H9BrF2N2O/c16-9-6-13(11(18)7-10(9)17)20-15(21)14-5-8-3-1-2-4-12(8)19-14/h1-7,19H,(H,20,21). The van der Waals surface area contributed by atoms with Gasteiger partial charge < -0.3 is 10.3 Å². The normalized spacial score (nSPS) is 10.8. The van der Waals surface area contributed by atoms with Crippen LogP contribution < -0.4 is 5.32 Å². The van der Waals surface area contributed by atoms with Crippen molar-refractivity contribution in [2.45, 2.75) is 0 Å². The molecule has 3 aromatic rings. The lowest BCUT2D eigenvalue weighted by Gasteiger charge is -2.06. The van der Waals surface area contributed by atoms with Crippen LogP contribution in [0.2, 0.25) is 0 Å². The minimum absolute atomic E-state index is 0.0795. The Labute approximate surface area is 127 Å². The predicted octanol–water partition coefficient (Wildman–Crippen LogP) is 4.46. The molecule has 0 radical (unpaired) electrons. The SMILES string of the molecule is O=C(Nc1cc(Br)c(F)cc1F)c1cc2ccccc2[nH]1. The summed E-state index contributed by atoms with van der Waals surface area (Å²) in [6.45, 7) is 0. The van der Waals surface area contributed by atoms with Crippen LogP contribution in [0, 0.1) is 11.6 Å². The molecule has 0 atom stereocenters. The van der Waals surface area contributed by atoms with E-state index in [0.29, 0.717) is 11.8 Å². The third kappa shape index (κ3) is 2.67. The van der Waals surface area contributed by atoms with Gasteiger partial charge >= 0.3 is 0 Å². The molecule has 3 nitrogen and oxygen atoms in total. The first-order valence-corrected chi connectivity index (χ1v) is 6.87. The van der Waals surface area contributed by atoms with Gasteiger partial charge in [-0.25, -0.2) is 8.78 Å². The molecule has 3 rings (SSSR count). The van der Waals surface area contributed by atoms with E-state index < -0.39 is 17.5 Å². The highest BCUT2D eigenvalue weighted by Crippen LogP contribution is 2.24. The molecule has 2 N–H and O–H groups in total. The maximum Gasteiger partial charge on any atom is 0.272 e. The van der Waals surface area contributed by atoms with Gasteiger partial charge in [-0.3, -0.25) is 4.79 Å². The third-order valence-electron chi connectivity index (χ3n) is 3.03. The van der Waals surface area contributed by atoms with E-state index in [2.05, 4.69) is 26.2 Å². The lowest BCUT2D eigenvalue weighted by Crippen LogP contribution is -2.13. The van der Waals surface area contributed by atoms with Crippen molar-refractivity contribution < 1.29 is 13.6 Å². The minimum atomic E-state index is -0.833. The Kier molecular flexibility index (Phi) is 3.47. The first-order valence-electron chi connectivity index (χ1n) is 6.08. The van der Waals surface area contributed by atoms with Crippen LogP contribution in [-0.2, 0) is 0 Å². The zero-order valence-corrected chi connectivity index (χ0v) is 12.2. The van der Waals surface area contributed by atoms with Crippen molar-refractivity contribution in [1.29, 1.82) is 0 Å². The molecule has 0 bridgehead atoms. The largest absolute Gasteiger partial charge is 0.351 e. The van der Waals surface area contributed by atoms with E-state index in [-0.39, 0.29) is 10.2 Å². The molecule has 0 spiro atoms. The number of anilines is 1. The van der Waals surface area contributed by atoms with Gasteiger partial charge in [-0.2, -0.15) is 0 Å². The molecule has 21 heavy (non-hydrogen) atoms. The fourth-order valence-corrected chi connectivity index (χ4v) is 2.35. The number of carbonyl (C=O) groups excluding carboxylic acids is 1. The maximum atomic E-state index is 13.6. The summed E-state index contributed by atoms with van der Waals surface area (Å²) in [5.74, 6) is -2.06. The summed E-state index contributed by atoms with van der Waals surface area (Å²) < 4.78 is 26.9. The number of aromatic nitrogens is 1. The van der Waals surface area contributed by atoms with Crippen LogP contribution in [0.5, 0.6) is 0 Å². The molecule has 0 saturated carbocycles. The summed E-state index contributed by atoms with van der Waals surface area (Å²) in [5, 5.41) is 3.29. The summed E-state index contributed by atoms with van der Waals surface area (Å²) in [4.78, 5) is 15.1. The number of rotatable bonds is 2. The van der Waals surface area contributed by atoms with E-state index in [9.17, 15) is 13.6 Å². The topological polar surface area (TPSA) is 44.9 Å². The molecule has 0 saturated heterocycles. The second-order valence-electron chi connectivity index (χ2n) is 4.47. The molecule has 0 unspecified atom stereocenters. The van der Waals surface area contributed by atoms with Gasteiger partial charge in [-0.05, 0) is 34.1 Å². The highest BCUT2D eigenvalue weighted by molar-refractivity contribution is 9.10. The summed E-state index contributed by atoms with van der Waals surface area (Å²) in [6.07, 6.45) is 0. The molecule has 0 fully saturated rings. The molecule has 6 heteroatoms. The summed E-state index contributed by atoms with van der Waals surface area (Å²) >= 11 is 2.95. The van der Waals surface area contributed by atoms with Crippen LogP contribution in [0.15, 0.2) is 46.9 Å². The van der Waals surface area contributed by atoms with E-state index in [4.69, 9.17) is 0 Å². The second kappa shape index (κ2) is 5.29. The van der Waals surface area contributed by atoms with Crippen LogP contribution in [0.4, 0.5) is 14.5 Å². The number of aromatic amines is 1. The van der Waals surface area contributed by atoms with Crippen LogP contribution in [0.25, 0.3) is 10.9 Å². The number of H-pyrrole nitrogens is 1. The smallest absolute Gasteiger partial charge is 0.272 e. The number of hydrogen-bond acceptors (Lipinski definition) is 1. The predicted molar refractivity (Wildman–Crippen MR) is 80.3 cm³/mol. The van der Waals surface area contributed by atoms with Crippen molar-refractivity contribution >= 4 is 38.4 Å². The monoisotopic (exact) mass is 350 g/mol. The van der Waals surface area contributed by atoms with Gasteiger partial charge in [0, 0.05) is 17.0 Å². The summed E-state index contributed by atoms with van der Waals surface area (Å²) in [6, 6.07) is 11.0. The molecular formula is C15H9BrF2N2O. The Morgan fingerprint density at radius 2 is 1.86 bits per heavy atom. The van der Waals surface area contributed by atoms with Crippen molar-refractivity contribution in [3.63, 3.8) is 0 Å². The average molecular weight is 351 g/mol. The van der Waals surface area contributed by atoms with Crippen LogP contribution in [0.3, 0.4) is 0 Å². The zero-order valence-electron chi connectivity index (χ0n) is 10.6. The molecule has 0 aliphatic carbocycles. The number of halogens is 3. The Morgan fingerprint density at radius 3 is 2.62 bits per heavy atom. The molecular weight excluding hydrogens is 342 g/mol. The number of carbonyl (C=O) groups is 1. The Bertz CT molecular complexity index is 812. The van der Waals surface area contributed by atoms with Crippen molar-refractivity contribution in [1.82, 2.24) is 4.98 Å². The van der Waals surface area contributed by atoms with Gasteiger partial charge in [-0.1, -0.05) is 18.2 Å². The van der Waals surface area contributed by atoms with Gasteiger partial charge in [0.25, 0.3) is 5.91 Å². The fraction of sp³-hybridized carbons (Fsp3) is 0. The first kappa shape index (κ1) is 13.8. The first-order chi connectivity index (χ1) is 10.0. The van der Waals surface area contributed by atoms with Gasteiger partial charge in [0.05, 0.1) is 10.2 Å². The molecule has 0 aliphatic rings. The van der Waals surface area contributed by atoms with E-state index in [1.54, 1.807) is 6.07 Å². The highest BCUT2D eigenvalue weighted by atomic mass is 79.9. The van der Waals surface area contributed by atoms with Crippen molar-refractivity contribution in [2.24, 2.45) is 0 Å². The summed E-state index contributed by atoms with van der Waals surface area (Å²) in [5.41, 5.74) is 1.02. The molecule has 106 valence electrons. The van der Waals surface area contributed by atoms with Crippen molar-refractivity contribution in [3.8, 4) is 0 Å². The lowest BCUT2D eigenvalue weighted by atomic mass is 10.2. The average Bonchev–Trinajstić information content (AvgIpc) is 2.88. The van der Waals surface area contributed by atoms with Gasteiger partial charge in [0.2, 0.25) is 0 Å². The number of hydrogen-bond donors (Lipinski definition) is 2. The summed E-state index contributed by atoms with van der Waals surface area (Å²) in [7, 11) is 0. The Hall–Kier alpha value is -2.21. The molecule has 1 heterocycles. The van der Waals surface area contributed by atoms with Crippen LogP contribution in [0.1, 0.15) is 10.5 Å². The maximum absolute atomic E-state index is 13.6. The van der Waals surface area contributed by atoms with E-state index in [1.165, 1.54) is 6.07 Å². The Morgan fingerprint density at radius 1 is 1.10 bits per heavy atom. The van der Waals surface area contributed by atoms with Crippen molar-refractivity contribution in [3.05, 3.63) is 64.3 Å². The van der Waals surface area contributed by atoms with Gasteiger partial charge in [0.1, 0.15) is 17.3 Å². The molecule has 0 aliphatic heterocycles. The number of amides is 1. The molecule has 1 aromatic heterocycles. The van der Waals surface area contributed by atoms with Gasteiger partial charge in [-0.15, -0.1) is 0 Å². The van der Waals surface area contributed by atoms with Crippen LogP contribution in [-0.4, -0.2) is 10.9 Å². The number of benzene rings is 2. The number of para-hydroxylation sites is 1. The number of fused-ring (bicyclic) bond motifs is 1. The highest BCUT2D eigenvalue weighted by Gasteiger charge is 2.14. The Balaban J connectivity index is 1.91. The van der Waals surface area contributed by atoms with E-state index in [1.807, 2.05) is 24.3 Å². The second-order valence-corrected chi connectivity index (χ2v) is 5.32. The van der Waals surface area contributed by atoms with Gasteiger partial charge in [0.15, 0.2) is 0 Å². The fourth-order valence-electron chi connectivity index (χ4n) is 2.00. The molecule has 1 amide bonds. The van der Waals surface area contributed by atoms with E-state index >= 15 is 0 Å².